The molecule has 1 aliphatic carbocycles. The van der Waals surface area contributed by atoms with Gasteiger partial charge in [0, 0.05) is 61.7 Å². The minimum Gasteiger partial charge on any atom is -0.382 e. The highest BCUT2D eigenvalue weighted by atomic mass is 16.2. The Kier molecular flexibility index (Phi) is 5.66. The monoisotopic (exact) mass is 498 g/mol. The normalized spacial score (nSPS) is 17.8. The van der Waals surface area contributed by atoms with Gasteiger partial charge in [-0.05, 0) is 50.8 Å². The highest BCUT2D eigenvalue weighted by molar-refractivity contribution is 5.91. The standard InChI is InChI=1S/C28H34N8O/c1-19(37)35-11-10-33(17-28(35,2)3)23-9-5-8-21(12-23)25-13-24(26-27(29)30-18-32-36(25)26)22-14-31-34(16-22)15-20-6-4-7-20/h5,8-9,12-14,16,18,20H,4,6-7,10-11,15,17H2,1-3H3,(H2,29,30,32). The van der Waals surface area contributed by atoms with Crippen molar-refractivity contribution in [2.75, 3.05) is 30.3 Å². The number of piperazine rings is 1. The fourth-order valence-corrected chi connectivity index (χ4v) is 5.86. The number of aromatic nitrogens is 5. The third kappa shape index (κ3) is 4.22. The SMILES string of the molecule is CC(=O)N1CCN(c2cccc(-c3cc(-c4cnn(CC5CCC5)c4)c4c(N)ncnn34)c2)CC1(C)C. The molecule has 1 aliphatic heterocycles. The lowest BCUT2D eigenvalue weighted by atomic mass is 9.85. The van der Waals surface area contributed by atoms with E-state index in [9.17, 15) is 4.79 Å². The first kappa shape index (κ1) is 23.5. The first-order valence-electron chi connectivity index (χ1n) is 13.1. The Bertz CT molecular complexity index is 1460. The summed E-state index contributed by atoms with van der Waals surface area (Å²) in [4.78, 5) is 20.7. The Morgan fingerprint density at radius 3 is 2.70 bits per heavy atom. The van der Waals surface area contributed by atoms with Crippen molar-refractivity contribution in [2.24, 2.45) is 5.92 Å². The second kappa shape index (κ2) is 8.90. The molecule has 1 saturated carbocycles. The fraction of sp³-hybridized carbons (Fsp3) is 0.429. The Labute approximate surface area is 216 Å². The number of anilines is 2. The lowest BCUT2D eigenvalue weighted by Crippen LogP contribution is -2.60. The molecule has 0 spiro atoms. The van der Waals surface area contributed by atoms with Crippen LogP contribution in [-0.4, -0.2) is 60.4 Å². The van der Waals surface area contributed by atoms with Crippen molar-refractivity contribution in [3.05, 3.63) is 49.1 Å². The van der Waals surface area contributed by atoms with E-state index in [4.69, 9.17) is 5.73 Å². The molecule has 9 nitrogen and oxygen atoms in total. The zero-order valence-electron chi connectivity index (χ0n) is 21.8. The number of nitrogens with two attached hydrogens (primary N) is 1. The fourth-order valence-electron chi connectivity index (χ4n) is 5.86. The van der Waals surface area contributed by atoms with Crippen molar-refractivity contribution in [1.29, 1.82) is 0 Å². The molecule has 1 amide bonds. The van der Waals surface area contributed by atoms with E-state index >= 15 is 0 Å². The van der Waals surface area contributed by atoms with Crippen LogP contribution in [0.1, 0.15) is 40.0 Å². The largest absolute Gasteiger partial charge is 0.382 e. The van der Waals surface area contributed by atoms with Crippen molar-refractivity contribution >= 4 is 22.9 Å². The molecule has 37 heavy (non-hydrogen) atoms. The van der Waals surface area contributed by atoms with Gasteiger partial charge in [0.2, 0.25) is 5.91 Å². The summed E-state index contributed by atoms with van der Waals surface area (Å²) in [6, 6.07) is 10.7. The second-order valence-electron chi connectivity index (χ2n) is 11.1. The van der Waals surface area contributed by atoms with Gasteiger partial charge in [-0.15, -0.1) is 0 Å². The summed E-state index contributed by atoms with van der Waals surface area (Å²) in [5.41, 5.74) is 12.1. The highest BCUT2D eigenvalue weighted by Crippen LogP contribution is 2.36. The average Bonchev–Trinajstić information content (AvgIpc) is 3.46. The number of nitrogens with zero attached hydrogens (tertiary/aromatic N) is 7. The maximum atomic E-state index is 12.1. The van der Waals surface area contributed by atoms with Crippen molar-refractivity contribution in [3.8, 4) is 22.4 Å². The van der Waals surface area contributed by atoms with Crippen molar-refractivity contribution in [3.63, 3.8) is 0 Å². The number of rotatable bonds is 5. The summed E-state index contributed by atoms with van der Waals surface area (Å²) in [7, 11) is 0. The van der Waals surface area contributed by atoms with Crippen LogP contribution in [-0.2, 0) is 11.3 Å². The molecule has 9 heteroatoms. The molecule has 1 saturated heterocycles. The van der Waals surface area contributed by atoms with E-state index in [1.807, 2.05) is 20.3 Å². The molecule has 3 aromatic heterocycles. The Morgan fingerprint density at radius 1 is 1.14 bits per heavy atom. The van der Waals surface area contributed by atoms with Crippen molar-refractivity contribution in [1.82, 2.24) is 29.3 Å². The van der Waals surface area contributed by atoms with Crippen molar-refractivity contribution < 1.29 is 4.79 Å². The summed E-state index contributed by atoms with van der Waals surface area (Å²) in [5.74, 6) is 1.30. The summed E-state index contributed by atoms with van der Waals surface area (Å²) in [6.07, 6.45) is 9.42. The summed E-state index contributed by atoms with van der Waals surface area (Å²) in [6.45, 7) is 9.13. The summed E-state index contributed by atoms with van der Waals surface area (Å²) < 4.78 is 3.93. The molecule has 2 aliphatic rings. The molecule has 0 radical (unpaired) electrons. The first-order chi connectivity index (χ1) is 17.8. The number of amides is 1. The van der Waals surface area contributed by atoms with Gasteiger partial charge in [-0.25, -0.2) is 9.50 Å². The molecule has 4 heterocycles. The van der Waals surface area contributed by atoms with Crippen LogP contribution in [0.2, 0.25) is 0 Å². The van der Waals surface area contributed by atoms with Gasteiger partial charge < -0.3 is 15.5 Å². The number of carbonyl (C=O) groups is 1. The molecule has 192 valence electrons. The van der Waals surface area contributed by atoms with Crippen LogP contribution in [0.4, 0.5) is 11.5 Å². The van der Waals surface area contributed by atoms with E-state index in [2.05, 4.69) is 70.5 Å². The molecule has 0 unspecified atom stereocenters. The first-order valence-corrected chi connectivity index (χ1v) is 13.1. The minimum atomic E-state index is -0.240. The van der Waals surface area contributed by atoms with Crippen LogP contribution in [0, 0.1) is 5.92 Å². The molecular formula is C28H34N8O. The molecule has 2 N–H and O–H groups in total. The Balaban J connectivity index is 1.36. The zero-order chi connectivity index (χ0) is 25.7. The maximum absolute atomic E-state index is 12.1. The maximum Gasteiger partial charge on any atom is 0.220 e. The Morgan fingerprint density at radius 2 is 1.97 bits per heavy atom. The number of fused-ring (bicyclic) bond motifs is 1. The topological polar surface area (TPSA) is 97.6 Å². The zero-order valence-corrected chi connectivity index (χ0v) is 21.8. The molecule has 4 aromatic rings. The number of carbonyl (C=O) groups excluding carboxylic acids is 1. The summed E-state index contributed by atoms with van der Waals surface area (Å²) >= 11 is 0. The molecular weight excluding hydrogens is 464 g/mol. The number of nitrogen functional groups attached to an aromatic ring is 1. The minimum absolute atomic E-state index is 0.124. The molecule has 2 fully saturated rings. The molecule has 6 rings (SSSR count). The summed E-state index contributed by atoms with van der Waals surface area (Å²) in [5, 5.41) is 9.21. The van der Waals surface area contributed by atoms with Gasteiger partial charge in [0.1, 0.15) is 11.8 Å². The second-order valence-corrected chi connectivity index (χ2v) is 11.1. The van der Waals surface area contributed by atoms with Crippen LogP contribution < -0.4 is 10.6 Å². The van der Waals surface area contributed by atoms with E-state index in [1.165, 1.54) is 25.6 Å². The van der Waals surface area contributed by atoms with E-state index < -0.39 is 0 Å². The van der Waals surface area contributed by atoms with Crippen molar-refractivity contribution in [2.45, 2.75) is 52.1 Å². The third-order valence-electron chi connectivity index (χ3n) is 7.99. The van der Waals surface area contributed by atoms with Crippen LogP contribution >= 0.6 is 0 Å². The van der Waals surface area contributed by atoms with Gasteiger partial charge in [0.05, 0.1) is 17.4 Å². The van der Waals surface area contributed by atoms with Crippen LogP contribution in [0.3, 0.4) is 0 Å². The van der Waals surface area contributed by atoms with Gasteiger partial charge >= 0.3 is 0 Å². The predicted molar refractivity (Wildman–Crippen MR) is 145 cm³/mol. The van der Waals surface area contributed by atoms with Gasteiger partial charge in [-0.2, -0.15) is 10.2 Å². The van der Waals surface area contributed by atoms with Crippen LogP contribution in [0.25, 0.3) is 27.9 Å². The molecule has 0 bridgehead atoms. The average molecular weight is 499 g/mol. The van der Waals surface area contributed by atoms with E-state index in [1.54, 1.807) is 6.92 Å². The van der Waals surface area contributed by atoms with Gasteiger partial charge in [0.15, 0.2) is 5.82 Å². The lowest BCUT2D eigenvalue weighted by Gasteiger charge is -2.47. The molecule has 1 aromatic carbocycles. The predicted octanol–water partition coefficient (Wildman–Crippen LogP) is 4.09. The van der Waals surface area contributed by atoms with E-state index in [0.717, 1.165) is 59.1 Å². The highest BCUT2D eigenvalue weighted by Gasteiger charge is 2.35. The van der Waals surface area contributed by atoms with E-state index in [-0.39, 0.29) is 11.4 Å². The number of benzene rings is 1. The van der Waals surface area contributed by atoms with Gasteiger partial charge in [-0.3, -0.25) is 9.48 Å². The quantitative estimate of drug-likeness (QED) is 0.445. The smallest absolute Gasteiger partial charge is 0.220 e. The third-order valence-corrected chi connectivity index (χ3v) is 7.99. The number of hydrogen-bond acceptors (Lipinski definition) is 6. The number of hydrogen-bond donors (Lipinski definition) is 1. The van der Waals surface area contributed by atoms with E-state index in [0.29, 0.717) is 12.4 Å². The van der Waals surface area contributed by atoms with Gasteiger partial charge in [0.25, 0.3) is 0 Å². The molecule has 0 atom stereocenters. The van der Waals surface area contributed by atoms with Crippen LogP contribution in [0.5, 0.6) is 0 Å². The lowest BCUT2D eigenvalue weighted by molar-refractivity contribution is -0.134. The van der Waals surface area contributed by atoms with Crippen LogP contribution in [0.15, 0.2) is 49.1 Å². The Hall–Kier alpha value is -3.88. The van der Waals surface area contributed by atoms with Gasteiger partial charge in [-0.1, -0.05) is 18.6 Å².